The number of fused-ring (bicyclic) bond motifs is 1. The van der Waals surface area contributed by atoms with Crippen LogP contribution in [0.3, 0.4) is 0 Å². The van der Waals surface area contributed by atoms with Crippen molar-refractivity contribution in [3.05, 3.63) is 0 Å². The van der Waals surface area contributed by atoms with Gasteiger partial charge in [0.1, 0.15) is 0 Å². The Hall–Kier alpha value is -0.0800. The maximum absolute atomic E-state index is 9.33. The number of nitrogens with zero attached hydrogens (tertiary/aromatic N) is 1. The van der Waals surface area contributed by atoms with Crippen LogP contribution in [0.4, 0.5) is 0 Å². The highest BCUT2D eigenvalue weighted by Crippen LogP contribution is 2.26. The monoisotopic (exact) mass is 141 g/mol. The summed E-state index contributed by atoms with van der Waals surface area (Å²) in [6, 6.07) is 0.726. The number of aliphatic hydroxyl groups excluding tert-OH is 1. The van der Waals surface area contributed by atoms with Crippen molar-refractivity contribution < 1.29 is 5.11 Å². The molecule has 2 heteroatoms. The van der Waals surface area contributed by atoms with E-state index in [1.807, 2.05) is 0 Å². The molecule has 2 heterocycles. The zero-order valence-corrected chi connectivity index (χ0v) is 6.29. The fraction of sp³-hybridized carbons (Fsp3) is 1.00. The van der Waals surface area contributed by atoms with Crippen molar-refractivity contribution >= 4 is 0 Å². The average Bonchev–Trinajstić information content (AvgIpc) is 2.33. The van der Waals surface area contributed by atoms with E-state index in [1.165, 1.54) is 19.4 Å². The summed E-state index contributed by atoms with van der Waals surface area (Å²) >= 11 is 0. The molecule has 0 aromatic rings. The number of aliphatic hydroxyl groups is 1. The van der Waals surface area contributed by atoms with E-state index in [4.69, 9.17) is 0 Å². The predicted molar refractivity (Wildman–Crippen MR) is 39.8 cm³/mol. The minimum absolute atomic E-state index is 0.000602. The van der Waals surface area contributed by atoms with Gasteiger partial charge in [0.15, 0.2) is 0 Å². The van der Waals surface area contributed by atoms with E-state index >= 15 is 0 Å². The molecular formula is C8H15NO. The Morgan fingerprint density at radius 3 is 3.00 bits per heavy atom. The fourth-order valence-corrected chi connectivity index (χ4v) is 2.20. The Bertz CT molecular complexity index is 126. The zero-order valence-electron chi connectivity index (χ0n) is 6.29. The predicted octanol–water partition coefficient (Wildman–Crippen LogP) is 0.606. The van der Waals surface area contributed by atoms with Crippen LogP contribution < -0.4 is 0 Å². The summed E-state index contributed by atoms with van der Waals surface area (Å²) < 4.78 is 0. The Morgan fingerprint density at radius 1 is 1.20 bits per heavy atom. The van der Waals surface area contributed by atoms with Crippen molar-refractivity contribution in [2.75, 3.05) is 13.1 Å². The normalized spacial score (nSPS) is 41.7. The minimum atomic E-state index is -0.000602. The molecule has 0 saturated carbocycles. The van der Waals surface area contributed by atoms with E-state index in [1.54, 1.807) is 0 Å². The van der Waals surface area contributed by atoms with Gasteiger partial charge in [-0.2, -0.15) is 0 Å². The Balaban J connectivity index is 1.96. The lowest BCUT2D eigenvalue weighted by molar-refractivity contribution is 0.0621. The first-order chi connectivity index (χ1) is 4.86. The third kappa shape index (κ3) is 1.06. The first kappa shape index (κ1) is 6.62. The van der Waals surface area contributed by atoms with E-state index in [0.717, 1.165) is 25.4 Å². The maximum Gasteiger partial charge on any atom is 0.0567 e. The highest BCUT2D eigenvalue weighted by atomic mass is 16.3. The van der Waals surface area contributed by atoms with Gasteiger partial charge in [-0.15, -0.1) is 0 Å². The second kappa shape index (κ2) is 2.51. The van der Waals surface area contributed by atoms with Gasteiger partial charge in [-0.3, -0.25) is 0 Å². The molecule has 1 N–H and O–H groups in total. The highest BCUT2D eigenvalue weighted by molar-refractivity contribution is 4.85. The topological polar surface area (TPSA) is 23.5 Å². The molecule has 0 radical (unpaired) electrons. The van der Waals surface area contributed by atoms with Crippen LogP contribution >= 0.6 is 0 Å². The largest absolute Gasteiger partial charge is 0.393 e. The molecule has 2 fully saturated rings. The Labute approximate surface area is 61.8 Å². The summed E-state index contributed by atoms with van der Waals surface area (Å²) in [4.78, 5) is 2.52. The summed E-state index contributed by atoms with van der Waals surface area (Å²) in [5.74, 6) is 0. The molecule has 2 rings (SSSR count). The van der Waals surface area contributed by atoms with Crippen LogP contribution in [0.25, 0.3) is 0 Å². The molecule has 2 unspecified atom stereocenters. The van der Waals surface area contributed by atoms with Crippen LogP contribution in [0.2, 0.25) is 0 Å². The molecule has 0 amide bonds. The molecule has 2 aliphatic heterocycles. The molecule has 0 spiro atoms. The van der Waals surface area contributed by atoms with Crippen molar-refractivity contribution in [3.63, 3.8) is 0 Å². The van der Waals surface area contributed by atoms with Gasteiger partial charge in [-0.25, -0.2) is 0 Å². The van der Waals surface area contributed by atoms with Crippen molar-refractivity contribution in [2.24, 2.45) is 0 Å². The summed E-state index contributed by atoms with van der Waals surface area (Å²) in [6.07, 6.45) is 4.68. The van der Waals surface area contributed by atoms with Gasteiger partial charge >= 0.3 is 0 Å². The third-order valence-electron chi connectivity index (χ3n) is 2.79. The van der Waals surface area contributed by atoms with Gasteiger partial charge in [0, 0.05) is 12.6 Å². The smallest absolute Gasteiger partial charge is 0.0567 e. The van der Waals surface area contributed by atoms with Crippen molar-refractivity contribution in [1.29, 1.82) is 0 Å². The first-order valence-corrected chi connectivity index (χ1v) is 4.28. The van der Waals surface area contributed by atoms with Crippen molar-refractivity contribution in [1.82, 2.24) is 4.90 Å². The maximum atomic E-state index is 9.33. The average molecular weight is 141 g/mol. The number of piperidine rings is 1. The van der Waals surface area contributed by atoms with Crippen LogP contribution in [0.15, 0.2) is 0 Å². The summed E-state index contributed by atoms with van der Waals surface area (Å²) in [5, 5.41) is 9.33. The number of rotatable bonds is 0. The Kier molecular flexibility index (Phi) is 1.66. The molecule has 0 bridgehead atoms. The van der Waals surface area contributed by atoms with E-state index in [9.17, 15) is 5.11 Å². The Morgan fingerprint density at radius 2 is 2.10 bits per heavy atom. The SMILES string of the molecule is OC1CCN2CCCC2C1. The molecular weight excluding hydrogens is 126 g/mol. The van der Waals surface area contributed by atoms with Crippen molar-refractivity contribution in [3.8, 4) is 0 Å². The summed E-state index contributed by atoms with van der Waals surface area (Å²) in [7, 11) is 0. The molecule has 0 aliphatic carbocycles. The zero-order chi connectivity index (χ0) is 6.97. The molecule has 2 atom stereocenters. The molecule has 2 nitrogen and oxygen atoms in total. The van der Waals surface area contributed by atoms with Gasteiger partial charge in [0.25, 0.3) is 0 Å². The quantitative estimate of drug-likeness (QED) is 0.534. The van der Waals surface area contributed by atoms with Gasteiger partial charge in [-0.05, 0) is 32.2 Å². The second-order valence-electron chi connectivity index (χ2n) is 3.51. The van der Waals surface area contributed by atoms with E-state index in [2.05, 4.69) is 4.90 Å². The molecule has 2 saturated heterocycles. The number of hydrogen-bond acceptors (Lipinski definition) is 2. The van der Waals surface area contributed by atoms with Crippen LogP contribution in [-0.2, 0) is 0 Å². The standard InChI is InChI=1S/C8H15NO/c10-8-3-5-9-4-1-2-7(9)6-8/h7-8,10H,1-6H2. The molecule has 10 heavy (non-hydrogen) atoms. The van der Waals surface area contributed by atoms with Gasteiger partial charge < -0.3 is 10.0 Å². The van der Waals surface area contributed by atoms with E-state index < -0.39 is 0 Å². The summed E-state index contributed by atoms with van der Waals surface area (Å²) in [6.45, 7) is 2.41. The van der Waals surface area contributed by atoms with E-state index in [-0.39, 0.29) is 6.10 Å². The lowest BCUT2D eigenvalue weighted by Gasteiger charge is -2.32. The van der Waals surface area contributed by atoms with Crippen LogP contribution in [0.1, 0.15) is 25.7 Å². The van der Waals surface area contributed by atoms with Gasteiger partial charge in [0.05, 0.1) is 6.10 Å². The summed E-state index contributed by atoms with van der Waals surface area (Å²) in [5.41, 5.74) is 0. The molecule has 0 aromatic heterocycles. The minimum Gasteiger partial charge on any atom is -0.393 e. The third-order valence-corrected chi connectivity index (χ3v) is 2.79. The second-order valence-corrected chi connectivity index (χ2v) is 3.51. The lowest BCUT2D eigenvalue weighted by Crippen LogP contribution is -2.39. The van der Waals surface area contributed by atoms with Crippen LogP contribution in [0.5, 0.6) is 0 Å². The molecule has 2 aliphatic rings. The van der Waals surface area contributed by atoms with Crippen LogP contribution in [-0.4, -0.2) is 35.2 Å². The lowest BCUT2D eigenvalue weighted by atomic mass is 10.0. The molecule has 58 valence electrons. The first-order valence-electron chi connectivity index (χ1n) is 4.28. The van der Waals surface area contributed by atoms with Gasteiger partial charge in [0.2, 0.25) is 0 Å². The van der Waals surface area contributed by atoms with E-state index in [0.29, 0.717) is 0 Å². The number of hydrogen-bond donors (Lipinski definition) is 1. The van der Waals surface area contributed by atoms with Crippen molar-refractivity contribution in [2.45, 2.75) is 37.8 Å². The molecule has 0 aromatic carbocycles. The van der Waals surface area contributed by atoms with Crippen LogP contribution in [0, 0.1) is 0 Å². The fourth-order valence-electron chi connectivity index (χ4n) is 2.20. The van der Waals surface area contributed by atoms with Gasteiger partial charge in [-0.1, -0.05) is 0 Å². The highest BCUT2D eigenvalue weighted by Gasteiger charge is 2.30.